The molecule has 258 valence electrons. The lowest BCUT2D eigenvalue weighted by Crippen LogP contribution is -2.37. The summed E-state index contributed by atoms with van der Waals surface area (Å²) >= 11 is 1.15. The molecule has 0 radical (unpaired) electrons. The Balaban J connectivity index is 0.00000625. The molecule has 0 aromatic carbocycles. The molecule has 1 saturated heterocycles. The van der Waals surface area contributed by atoms with Gasteiger partial charge in [-0.3, -0.25) is 14.7 Å². The smallest absolute Gasteiger partial charge is 0.275 e. The van der Waals surface area contributed by atoms with Gasteiger partial charge in [0.1, 0.15) is 16.4 Å². The Bertz CT molecular complexity index is 1430. The van der Waals surface area contributed by atoms with E-state index in [9.17, 15) is 13.6 Å². The molecule has 5 N–H and O–H groups in total. The number of carbonyl (C=O) groups is 1. The Morgan fingerprint density at radius 2 is 2.00 bits per heavy atom. The first kappa shape index (κ1) is 36.0. The molecule has 13 nitrogen and oxygen atoms in total. The molecule has 1 saturated carbocycles. The van der Waals surface area contributed by atoms with Crippen LogP contribution in [-0.4, -0.2) is 98.2 Å². The molecule has 1 aliphatic carbocycles. The fraction of sp³-hybridized carbons (Fsp3) is 0.516. The van der Waals surface area contributed by atoms with E-state index in [4.69, 9.17) is 30.5 Å². The third kappa shape index (κ3) is 11.4. The van der Waals surface area contributed by atoms with Crippen molar-refractivity contribution < 1.29 is 34.1 Å². The molecule has 0 bridgehead atoms. The summed E-state index contributed by atoms with van der Waals surface area (Å²) in [4.78, 5) is 33.3. The Hall–Kier alpha value is -3.83. The number of nitrogens with zero attached hydrogens (tertiary/aromatic N) is 5. The second-order valence-electron chi connectivity index (χ2n) is 10.8. The number of nitrogens with one attached hydrogen (secondary N) is 1. The summed E-state index contributed by atoms with van der Waals surface area (Å²) in [5.74, 6) is -2.42. The average molecular weight is 679 g/mol. The fourth-order valence-corrected chi connectivity index (χ4v) is 5.77. The van der Waals surface area contributed by atoms with Crippen molar-refractivity contribution >= 4 is 40.9 Å². The minimum atomic E-state index is -0.924. The van der Waals surface area contributed by atoms with Crippen molar-refractivity contribution in [3.05, 3.63) is 57.6 Å². The molecular weight excluding hydrogens is 634 g/mol. The van der Waals surface area contributed by atoms with Crippen molar-refractivity contribution in [3.8, 4) is 0 Å². The molecule has 2 aliphatic rings. The summed E-state index contributed by atoms with van der Waals surface area (Å²) < 4.78 is 45.0. The van der Waals surface area contributed by atoms with Gasteiger partial charge in [0, 0.05) is 51.0 Å². The van der Waals surface area contributed by atoms with Gasteiger partial charge in [0.05, 0.1) is 49.6 Å². The molecule has 1 aliphatic heterocycles. The van der Waals surface area contributed by atoms with Gasteiger partial charge in [-0.2, -0.15) is 4.39 Å². The number of hydrogen-bond acceptors (Lipinski definition) is 13. The number of thiazole rings is 1. The summed E-state index contributed by atoms with van der Waals surface area (Å²) in [6.07, 6.45) is 8.27. The van der Waals surface area contributed by atoms with Crippen LogP contribution in [0.1, 0.15) is 61.6 Å². The van der Waals surface area contributed by atoms with Crippen molar-refractivity contribution in [2.45, 2.75) is 51.2 Å². The molecule has 0 atom stereocenters. The number of halogens is 2. The van der Waals surface area contributed by atoms with Gasteiger partial charge in [-0.25, -0.2) is 14.4 Å². The fourth-order valence-electron chi connectivity index (χ4n) is 4.98. The number of carbonyl (C=O) groups excluding carboxylic acids is 1. The second kappa shape index (κ2) is 19.1. The number of pyridine rings is 1. The third-order valence-electron chi connectivity index (χ3n) is 7.50. The Morgan fingerprint density at radius 3 is 2.74 bits per heavy atom. The van der Waals surface area contributed by atoms with Crippen molar-refractivity contribution in [1.29, 1.82) is 0 Å². The molecule has 0 unspecified atom stereocenters. The van der Waals surface area contributed by atoms with Crippen LogP contribution in [0.2, 0.25) is 0 Å². The molecular formula is C31H44F2N8O5S. The van der Waals surface area contributed by atoms with Crippen LogP contribution in [0.4, 0.5) is 8.78 Å². The van der Waals surface area contributed by atoms with E-state index in [1.165, 1.54) is 24.0 Å². The van der Waals surface area contributed by atoms with Crippen LogP contribution in [0.25, 0.3) is 11.3 Å². The lowest BCUT2D eigenvalue weighted by molar-refractivity contribution is -0.0548. The number of hydrogen-bond donors (Lipinski definition) is 3. The van der Waals surface area contributed by atoms with Crippen LogP contribution in [0.3, 0.4) is 0 Å². The first-order valence-electron chi connectivity index (χ1n) is 15.6. The molecule has 47 heavy (non-hydrogen) atoms. The standard InChI is InChI=1S/C31H42F2N8O5S.H2/c1-2-45-23-6-4-22(5-7-23)36-18-25(28(35)29-24(32)8-9-27(33)40-29)38-30(42)26-19-47-31(39-26)21(16-34)17-37-46-20-44-13-3-10-41-11-14-43-15-12-41;/h8-9,16-19,22-23H,2-7,10-15,20,34-35H2,1H3,(H,38,42);1H/b21-16+,28-25+,36-18?,37-17+;. The van der Waals surface area contributed by atoms with Gasteiger partial charge in [0.15, 0.2) is 5.82 Å². The first-order chi connectivity index (χ1) is 22.9. The lowest BCUT2D eigenvalue weighted by atomic mass is 9.93. The van der Waals surface area contributed by atoms with E-state index >= 15 is 0 Å². The molecule has 1 amide bonds. The summed E-state index contributed by atoms with van der Waals surface area (Å²) in [6, 6.07) is 1.74. The molecule has 0 spiro atoms. The monoisotopic (exact) mass is 678 g/mol. The molecule has 2 aromatic heterocycles. The first-order valence-corrected chi connectivity index (χ1v) is 16.4. The number of allylic oxidation sites excluding steroid dienone is 2. The predicted octanol–water partition coefficient (Wildman–Crippen LogP) is 3.54. The minimum absolute atomic E-state index is 0. The van der Waals surface area contributed by atoms with E-state index < -0.39 is 23.4 Å². The summed E-state index contributed by atoms with van der Waals surface area (Å²) in [5, 5.41) is 8.43. The molecule has 16 heteroatoms. The van der Waals surface area contributed by atoms with Gasteiger partial charge < -0.3 is 35.8 Å². The quantitative estimate of drug-likeness (QED) is 0.0784. The normalized spacial score (nSPS) is 20.1. The number of rotatable bonds is 16. The van der Waals surface area contributed by atoms with Crippen LogP contribution < -0.4 is 16.8 Å². The number of morpholine rings is 1. The maximum atomic E-state index is 14.6. The zero-order valence-corrected chi connectivity index (χ0v) is 27.2. The predicted molar refractivity (Wildman–Crippen MR) is 178 cm³/mol. The number of aromatic nitrogens is 2. The van der Waals surface area contributed by atoms with Gasteiger partial charge in [-0.15, -0.1) is 11.3 Å². The topological polar surface area (TPSA) is 172 Å². The summed E-state index contributed by atoms with van der Waals surface area (Å²) in [5.41, 5.74) is 11.7. The van der Waals surface area contributed by atoms with Crippen LogP contribution in [0.5, 0.6) is 0 Å². The number of nitrogens with two attached hydrogens (primary N) is 2. The van der Waals surface area contributed by atoms with E-state index in [0.717, 1.165) is 88.4 Å². The van der Waals surface area contributed by atoms with E-state index in [0.29, 0.717) is 23.8 Å². The second-order valence-corrected chi connectivity index (χ2v) is 11.6. The lowest BCUT2D eigenvalue weighted by Gasteiger charge is -2.26. The molecule has 2 aromatic rings. The van der Waals surface area contributed by atoms with E-state index in [1.54, 1.807) is 0 Å². The average Bonchev–Trinajstić information content (AvgIpc) is 3.58. The van der Waals surface area contributed by atoms with E-state index in [2.05, 4.69) is 30.3 Å². The van der Waals surface area contributed by atoms with Crippen molar-refractivity contribution in [2.24, 2.45) is 21.6 Å². The molecule has 3 heterocycles. The van der Waals surface area contributed by atoms with Crippen LogP contribution in [0, 0.1) is 11.8 Å². The van der Waals surface area contributed by atoms with Crippen LogP contribution in [0.15, 0.2) is 39.6 Å². The maximum Gasteiger partial charge on any atom is 0.275 e. The summed E-state index contributed by atoms with van der Waals surface area (Å²) in [7, 11) is 0. The highest BCUT2D eigenvalue weighted by atomic mass is 32.1. The molecule has 4 rings (SSSR count). The highest BCUT2D eigenvalue weighted by Gasteiger charge is 2.22. The Kier molecular flexibility index (Phi) is 14.6. The largest absolute Gasteiger partial charge is 0.404 e. The third-order valence-corrected chi connectivity index (χ3v) is 8.39. The minimum Gasteiger partial charge on any atom is -0.404 e. The number of oxime groups is 1. The van der Waals surface area contributed by atoms with Crippen LogP contribution in [-0.2, 0) is 19.0 Å². The zero-order chi connectivity index (χ0) is 33.4. The van der Waals surface area contributed by atoms with E-state index in [-0.39, 0.29) is 37.5 Å². The Morgan fingerprint density at radius 1 is 1.21 bits per heavy atom. The maximum absolute atomic E-state index is 14.6. The molecule has 2 fully saturated rings. The van der Waals surface area contributed by atoms with Gasteiger partial charge in [-0.1, -0.05) is 5.16 Å². The van der Waals surface area contributed by atoms with Gasteiger partial charge in [0.2, 0.25) is 12.7 Å². The van der Waals surface area contributed by atoms with Gasteiger partial charge in [0.25, 0.3) is 5.91 Å². The zero-order valence-electron chi connectivity index (χ0n) is 26.4. The number of ether oxygens (including phenoxy) is 3. The summed E-state index contributed by atoms with van der Waals surface area (Å²) in [6.45, 7) is 7.40. The van der Waals surface area contributed by atoms with Gasteiger partial charge >= 0.3 is 0 Å². The highest BCUT2D eigenvalue weighted by Crippen LogP contribution is 2.24. The Labute approximate surface area is 278 Å². The van der Waals surface area contributed by atoms with Crippen molar-refractivity contribution in [2.75, 3.05) is 52.9 Å². The van der Waals surface area contributed by atoms with E-state index in [1.807, 2.05) is 6.92 Å². The van der Waals surface area contributed by atoms with Crippen LogP contribution >= 0.6 is 11.3 Å². The number of amides is 1. The highest BCUT2D eigenvalue weighted by molar-refractivity contribution is 7.11. The SMILES string of the molecule is CCOC1CCC(N=C/C(NC(=O)c2csc(C(/C=N/OCOCCCN3CCOCC3)=C/N)n2)=C(\N)c2nc(F)ccc2F)CC1.[HH]. The number of aliphatic imine (C=N–C) groups is 1. The van der Waals surface area contributed by atoms with Crippen molar-refractivity contribution in [3.63, 3.8) is 0 Å². The van der Waals surface area contributed by atoms with Gasteiger partial charge in [-0.05, 0) is 51.2 Å². The van der Waals surface area contributed by atoms with Crippen molar-refractivity contribution in [1.82, 2.24) is 20.2 Å².